The summed E-state index contributed by atoms with van der Waals surface area (Å²) in [5.41, 5.74) is 2.20. The fourth-order valence-corrected chi connectivity index (χ4v) is 5.20. The zero-order chi connectivity index (χ0) is 17.2. The highest BCUT2D eigenvalue weighted by molar-refractivity contribution is 7.93. The minimum atomic E-state index is -3.70. The summed E-state index contributed by atoms with van der Waals surface area (Å²) in [6.07, 6.45) is -0.195. The lowest BCUT2D eigenvalue weighted by Crippen LogP contribution is -2.47. The normalized spacial score (nSPS) is 20.4. The van der Waals surface area contributed by atoms with E-state index in [1.165, 1.54) is 4.31 Å². The predicted molar refractivity (Wildman–Crippen MR) is 96.0 cm³/mol. The molecular formula is C18H22N2O3S. The van der Waals surface area contributed by atoms with Crippen LogP contribution in [0.25, 0.3) is 0 Å². The molecule has 2 aromatic rings. The molecule has 0 spiro atoms. The van der Waals surface area contributed by atoms with Gasteiger partial charge in [0.05, 0.1) is 17.5 Å². The number of rotatable bonds is 5. The smallest absolute Gasteiger partial charge is 0.245 e. The molecule has 6 heteroatoms. The number of hydrogen-bond acceptors (Lipinski definition) is 4. The molecule has 0 saturated carbocycles. The van der Waals surface area contributed by atoms with Crippen molar-refractivity contribution in [2.24, 2.45) is 0 Å². The molecular weight excluding hydrogens is 324 g/mol. The number of hydrogen-bond donors (Lipinski definition) is 2. The van der Waals surface area contributed by atoms with Crippen LogP contribution in [0.2, 0.25) is 0 Å². The van der Waals surface area contributed by atoms with Gasteiger partial charge in [-0.25, -0.2) is 12.7 Å². The Morgan fingerprint density at radius 3 is 2.54 bits per heavy atom. The zero-order valence-electron chi connectivity index (χ0n) is 13.6. The van der Waals surface area contributed by atoms with E-state index in [2.05, 4.69) is 5.32 Å². The molecule has 2 atom stereocenters. The van der Waals surface area contributed by atoms with Crippen LogP contribution >= 0.6 is 0 Å². The average molecular weight is 346 g/mol. The molecule has 0 amide bonds. The average Bonchev–Trinajstić information content (AvgIpc) is 2.59. The number of fused-ring (bicyclic) bond motifs is 1. The third-order valence-corrected chi connectivity index (χ3v) is 6.54. The van der Waals surface area contributed by atoms with E-state index in [0.29, 0.717) is 30.8 Å². The summed E-state index contributed by atoms with van der Waals surface area (Å²) >= 11 is 0. The second-order valence-corrected chi connectivity index (χ2v) is 7.98. The summed E-state index contributed by atoms with van der Waals surface area (Å²) in [5, 5.41) is 12.6. The largest absolute Gasteiger partial charge is 0.392 e. The van der Waals surface area contributed by atoms with Crippen LogP contribution in [0.1, 0.15) is 12.0 Å². The van der Waals surface area contributed by atoms with Crippen LogP contribution in [-0.4, -0.2) is 38.5 Å². The van der Waals surface area contributed by atoms with Crippen LogP contribution in [-0.2, 0) is 16.4 Å². The molecule has 2 N–H and O–H groups in total. The van der Waals surface area contributed by atoms with Gasteiger partial charge in [-0.15, -0.1) is 0 Å². The Labute approximate surface area is 143 Å². The third-order valence-electron chi connectivity index (χ3n) is 4.38. The van der Waals surface area contributed by atoms with Crippen LogP contribution in [0.15, 0.2) is 54.6 Å². The van der Waals surface area contributed by atoms with E-state index in [4.69, 9.17) is 0 Å². The lowest BCUT2D eigenvalue weighted by Gasteiger charge is -2.37. The Bertz CT molecular complexity index is 793. The van der Waals surface area contributed by atoms with Crippen LogP contribution < -0.4 is 9.62 Å². The lowest BCUT2D eigenvalue weighted by atomic mass is 10.0. The molecule has 0 bridgehead atoms. The van der Waals surface area contributed by atoms with Gasteiger partial charge in [-0.2, -0.15) is 0 Å². The summed E-state index contributed by atoms with van der Waals surface area (Å²) in [4.78, 5) is 0. The van der Waals surface area contributed by atoms with Gasteiger partial charge in [0, 0.05) is 0 Å². The first-order valence-electron chi connectivity index (χ1n) is 8.05. The van der Waals surface area contributed by atoms with E-state index in [1.54, 1.807) is 19.2 Å². The van der Waals surface area contributed by atoms with Gasteiger partial charge in [0.2, 0.25) is 10.0 Å². The van der Waals surface area contributed by atoms with Gasteiger partial charge in [-0.1, -0.05) is 36.4 Å². The standard InChI is InChI=1S/C18H22N2O3S/c1-19-12-11-17(21)18-13-14-7-5-6-10-16(14)20(24(18,22)23)15-8-3-2-4-9-15/h2-10,17-19,21H,11-13H2,1H3/t17-,18+/m1/s1. The molecule has 24 heavy (non-hydrogen) atoms. The second kappa shape index (κ2) is 6.93. The summed E-state index contributed by atoms with van der Waals surface area (Å²) < 4.78 is 27.8. The van der Waals surface area contributed by atoms with Gasteiger partial charge in [0.15, 0.2) is 0 Å². The Balaban J connectivity index is 2.09. The SMILES string of the molecule is CNCC[C@@H](O)[C@@H]1Cc2ccccc2N(c2ccccc2)S1(=O)=O. The highest BCUT2D eigenvalue weighted by Gasteiger charge is 2.42. The monoisotopic (exact) mass is 346 g/mol. The Morgan fingerprint density at radius 1 is 1.17 bits per heavy atom. The minimum Gasteiger partial charge on any atom is -0.392 e. The molecule has 1 heterocycles. The molecule has 0 aromatic heterocycles. The molecule has 0 saturated heterocycles. The van der Waals surface area contributed by atoms with Crippen LogP contribution in [0.4, 0.5) is 11.4 Å². The Hall–Kier alpha value is -1.89. The minimum absolute atomic E-state index is 0.326. The van der Waals surface area contributed by atoms with Crippen molar-refractivity contribution in [1.29, 1.82) is 0 Å². The Kier molecular flexibility index (Phi) is 4.89. The number of nitrogens with one attached hydrogen (secondary N) is 1. The van der Waals surface area contributed by atoms with Crippen molar-refractivity contribution in [2.75, 3.05) is 17.9 Å². The van der Waals surface area contributed by atoms with E-state index >= 15 is 0 Å². The number of aliphatic hydroxyl groups excluding tert-OH is 1. The number of para-hydroxylation sites is 2. The molecule has 0 unspecified atom stereocenters. The molecule has 128 valence electrons. The van der Waals surface area contributed by atoms with Crippen LogP contribution in [0.3, 0.4) is 0 Å². The van der Waals surface area contributed by atoms with Gasteiger partial charge in [-0.3, -0.25) is 0 Å². The zero-order valence-corrected chi connectivity index (χ0v) is 14.4. The van der Waals surface area contributed by atoms with Crippen molar-refractivity contribution in [3.8, 4) is 0 Å². The van der Waals surface area contributed by atoms with Crippen molar-refractivity contribution in [2.45, 2.75) is 24.2 Å². The lowest BCUT2D eigenvalue weighted by molar-refractivity contribution is 0.157. The highest BCUT2D eigenvalue weighted by atomic mass is 32.2. The number of benzene rings is 2. The first-order valence-corrected chi connectivity index (χ1v) is 9.56. The molecule has 5 nitrogen and oxygen atoms in total. The van der Waals surface area contributed by atoms with Gasteiger partial charge < -0.3 is 10.4 Å². The summed E-state index contributed by atoms with van der Waals surface area (Å²) in [7, 11) is -1.92. The van der Waals surface area contributed by atoms with Crippen molar-refractivity contribution in [1.82, 2.24) is 5.32 Å². The molecule has 1 aliphatic heterocycles. The van der Waals surface area contributed by atoms with Crippen molar-refractivity contribution in [3.05, 3.63) is 60.2 Å². The van der Waals surface area contributed by atoms with E-state index in [-0.39, 0.29) is 0 Å². The maximum atomic E-state index is 13.2. The molecule has 3 rings (SSSR count). The number of nitrogens with zero attached hydrogens (tertiary/aromatic N) is 1. The van der Waals surface area contributed by atoms with Crippen molar-refractivity contribution < 1.29 is 13.5 Å². The summed E-state index contributed by atoms with van der Waals surface area (Å²) in [6, 6.07) is 16.5. The fraction of sp³-hybridized carbons (Fsp3) is 0.333. The first-order chi connectivity index (χ1) is 11.6. The van der Waals surface area contributed by atoms with Gasteiger partial charge >= 0.3 is 0 Å². The van der Waals surface area contributed by atoms with Gasteiger partial charge in [0.25, 0.3) is 0 Å². The summed E-state index contributed by atoms with van der Waals surface area (Å²) in [5.74, 6) is 0. The van der Waals surface area contributed by atoms with E-state index in [9.17, 15) is 13.5 Å². The quantitative estimate of drug-likeness (QED) is 0.869. The van der Waals surface area contributed by atoms with E-state index < -0.39 is 21.4 Å². The molecule has 2 aromatic carbocycles. The number of anilines is 2. The topological polar surface area (TPSA) is 69.6 Å². The van der Waals surface area contributed by atoms with Crippen molar-refractivity contribution in [3.63, 3.8) is 0 Å². The molecule has 0 fully saturated rings. The fourth-order valence-electron chi connectivity index (χ4n) is 3.14. The molecule has 1 aliphatic rings. The van der Waals surface area contributed by atoms with Gasteiger partial charge in [0.1, 0.15) is 5.25 Å². The van der Waals surface area contributed by atoms with Crippen molar-refractivity contribution >= 4 is 21.4 Å². The molecule has 0 radical (unpaired) electrons. The maximum Gasteiger partial charge on any atom is 0.245 e. The second-order valence-electron chi connectivity index (χ2n) is 5.98. The predicted octanol–water partition coefficient (Wildman–Crippen LogP) is 2.05. The number of aliphatic hydroxyl groups is 1. The van der Waals surface area contributed by atoms with E-state index in [0.717, 1.165) is 5.56 Å². The maximum absolute atomic E-state index is 13.2. The highest BCUT2D eigenvalue weighted by Crippen LogP contribution is 2.39. The molecule has 0 aliphatic carbocycles. The number of sulfonamides is 1. The first kappa shape index (κ1) is 17.0. The van der Waals surface area contributed by atoms with E-state index in [1.807, 2.05) is 42.5 Å². The van der Waals surface area contributed by atoms with Gasteiger partial charge in [-0.05, 0) is 50.2 Å². The summed E-state index contributed by atoms with van der Waals surface area (Å²) in [6.45, 7) is 0.570. The Morgan fingerprint density at radius 2 is 1.83 bits per heavy atom. The third kappa shape index (κ3) is 3.05. The van der Waals surface area contributed by atoms with Crippen LogP contribution in [0, 0.1) is 0 Å². The van der Waals surface area contributed by atoms with Crippen LogP contribution in [0.5, 0.6) is 0 Å².